The topological polar surface area (TPSA) is 172 Å². The van der Waals surface area contributed by atoms with E-state index in [2.05, 4.69) is 0 Å². The Labute approximate surface area is 232 Å². The first-order valence-corrected chi connectivity index (χ1v) is 13.1. The second-order valence-electron chi connectivity index (χ2n) is 8.60. The quantitative estimate of drug-likeness (QED) is 0.196. The molecule has 10 heteroatoms. The number of unbranched alkanes of at least 4 members (excludes halogenated alkanes) is 3. The number of ketones is 3. The smallest absolute Gasteiger partial charge is 0.550 e. The van der Waals surface area contributed by atoms with Crippen LogP contribution < -0.4 is 15.3 Å². The fourth-order valence-corrected chi connectivity index (χ4v) is 2.79. The molecule has 0 aromatic carbocycles. The van der Waals surface area contributed by atoms with Crippen molar-refractivity contribution in [1.29, 1.82) is 0 Å². The monoisotopic (exact) mass is 540 g/mol. The maximum Gasteiger partial charge on any atom is 3.00 e. The first-order chi connectivity index (χ1) is 17.0. The molecule has 37 heavy (non-hydrogen) atoms. The Hall–Kier alpha value is -2.05. The Morgan fingerprint density at radius 2 is 0.568 bits per heavy atom. The van der Waals surface area contributed by atoms with Crippen LogP contribution in [0.25, 0.3) is 0 Å². The van der Waals surface area contributed by atoms with Crippen LogP contribution in [0.4, 0.5) is 0 Å². The first kappa shape index (κ1) is 42.1. The van der Waals surface area contributed by atoms with E-state index in [9.17, 15) is 44.1 Å². The van der Waals surface area contributed by atoms with Crippen LogP contribution in [0.5, 0.6) is 0 Å². The number of carbonyl (C=O) groups excluding carboxylic acids is 6. The third-order valence-electron chi connectivity index (χ3n) is 4.94. The van der Waals surface area contributed by atoms with Gasteiger partial charge in [-0.1, -0.05) is 40.0 Å². The minimum atomic E-state index is -1.07. The summed E-state index contributed by atoms with van der Waals surface area (Å²) in [6, 6.07) is 0. The maximum atomic E-state index is 11.0. The van der Waals surface area contributed by atoms with Gasteiger partial charge in [-0.05, 0) is 57.8 Å². The zero-order valence-corrected chi connectivity index (χ0v) is 24.1. The average Bonchev–Trinajstić information content (AvgIpc) is 2.80. The third kappa shape index (κ3) is 44.4. The van der Waals surface area contributed by atoms with Gasteiger partial charge in [0.15, 0.2) is 0 Å². The maximum absolute atomic E-state index is 11.0. The summed E-state index contributed by atoms with van der Waals surface area (Å²) in [4.78, 5) is 62.8. The molecule has 0 spiro atoms. The molecule has 0 fully saturated rings. The van der Waals surface area contributed by atoms with Crippen LogP contribution in [-0.2, 0) is 28.8 Å². The van der Waals surface area contributed by atoms with E-state index in [0.29, 0.717) is 57.8 Å². The van der Waals surface area contributed by atoms with Crippen molar-refractivity contribution in [3.8, 4) is 0 Å². The van der Waals surface area contributed by atoms with Crippen LogP contribution in [0.3, 0.4) is 0 Å². The summed E-state index contributed by atoms with van der Waals surface area (Å²) in [7, 11) is 0. The molecule has 0 radical (unpaired) electrons. The molecule has 0 amide bonds. The van der Waals surface area contributed by atoms with Crippen molar-refractivity contribution in [2.45, 2.75) is 136 Å². The summed E-state index contributed by atoms with van der Waals surface area (Å²) in [5.41, 5.74) is 0. The zero-order chi connectivity index (χ0) is 28.2. The third-order valence-corrected chi connectivity index (χ3v) is 4.94. The van der Waals surface area contributed by atoms with E-state index in [-0.39, 0.29) is 54.0 Å². The normalized spacial score (nSPS) is 9.49. The molecule has 0 heterocycles. The predicted molar refractivity (Wildman–Crippen MR) is 136 cm³/mol. The van der Waals surface area contributed by atoms with Crippen LogP contribution in [0.2, 0.25) is 0 Å². The van der Waals surface area contributed by atoms with Crippen molar-refractivity contribution >= 4 is 52.6 Å². The number of carboxylic acids is 3. The van der Waals surface area contributed by atoms with Gasteiger partial charge in [0.1, 0.15) is 17.3 Å². The number of carboxylic acid groups (broad SMARTS) is 3. The van der Waals surface area contributed by atoms with Crippen molar-refractivity contribution in [2.75, 3.05) is 0 Å². The number of aliphatic carboxylic acids is 3. The van der Waals surface area contributed by atoms with E-state index in [1.807, 2.05) is 20.8 Å². The summed E-state index contributed by atoms with van der Waals surface area (Å²) in [6.45, 7) is 6.07. The molecule has 0 rings (SSSR count). The van der Waals surface area contributed by atoms with E-state index in [4.69, 9.17) is 0 Å². The van der Waals surface area contributed by atoms with E-state index in [1.54, 1.807) is 0 Å². The van der Waals surface area contributed by atoms with Crippen LogP contribution in [0, 0.1) is 0 Å². The van der Waals surface area contributed by atoms with Crippen LogP contribution in [0.1, 0.15) is 136 Å². The summed E-state index contributed by atoms with van der Waals surface area (Å²) in [6.07, 6.45) is 9.91. The summed E-state index contributed by atoms with van der Waals surface area (Å²) in [5.74, 6) is -2.72. The Morgan fingerprint density at radius 1 is 0.378 bits per heavy atom. The Morgan fingerprint density at radius 3 is 0.730 bits per heavy atom. The van der Waals surface area contributed by atoms with Gasteiger partial charge >= 0.3 is 17.4 Å². The van der Waals surface area contributed by atoms with Gasteiger partial charge in [0.05, 0.1) is 0 Å². The number of carbonyl (C=O) groups is 6. The molecule has 210 valence electrons. The molecule has 0 aliphatic rings. The second-order valence-corrected chi connectivity index (χ2v) is 8.60. The van der Waals surface area contributed by atoms with Crippen molar-refractivity contribution in [3.63, 3.8) is 0 Å². The molecule has 9 nitrogen and oxygen atoms in total. The van der Waals surface area contributed by atoms with Gasteiger partial charge in [-0.25, -0.2) is 0 Å². The van der Waals surface area contributed by atoms with E-state index in [1.165, 1.54) is 0 Å². The number of rotatable bonds is 21. The van der Waals surface area contributed by atoms with E-state index >= 15 is 0 Å². The van der Waals surface area contributed by atoms with Gasteiger partial charge in [0, 0.05) is 56.4 Å². The van der Waals surface area contributed by atoms with Crippen LogP contribution in [-0.4, -0.2) is 52.6 Å². The van der Waals surface area contributed by atoms with Crippen molar-refractivity contribution in [1.82, 2.24) is 0 Å². The summed E-state index contributed by atoms with van der Waals surface area (Å²) in [5, 5.41) is 29.9. The largest absolute Gasteiger partial charge is 3.00 e. The average molecular weight is 541 g/mol. The van der Waals surface area contributed by atoms with Crippen molar-refractivity contribution in [3.05, 3.63) is 0 Å². The molecule has 0 atom stereocenters. The second kappa shape index (κ2) is 32.0. The van der Waals surface area contributed by atoms with Crippen LogP contribution in [0.15, 0.2) is 0 Å². The molecule has 0 saturated heterocycles. The summed E-state index contributed by atoms with van der Waals surface area (Å²) >= 11 is 0. The predicted octanol–water partition coefficient (Wildman–Crippen LogP) is 1.62. The van der Waals surface area contributed by atoms with E-state index < -0.39 is 17.9 Å². The number of hydrogen-bond acceptors (Lipinski definition) is 9. The van der Waals surface area contributed by atoms with Gasteiger partial charge in [-0.2, -0.15) is 0 Å². The van der Waals surface area contributed by atoms with Gasteiger partial charge in [0.25, 0.3) is 0 Å². The molecule has 0 unspecified atom stereocenters. The van der Waals surface area contributed by atoms with Crippen LogP contribution >= 0.6 is 0 Å². The number of Topliss-reactive ketones (excluding diaryl/α,β-unsaturated/α-hetero) is 3. The Bertz CT molecular complexity index is 548. The molecule has 0 aromatic rings. The fraction of sp³-hybridized carbons (Fsp3) is 0.778. The zero-order valence-electron chi connectivity index (χ0n) is 23.0. The van der Waals surface area contributed by atoms with Gasteiger partial charge in [-0.15, -0.1) is 0 Å². The molecule has 0 N–H and O–H groups in total. The van der Waals surface area contributed by atoms with Gasteiger partial charge in [-0.3, -0.25) is 14.4 Å². The molecular formula is C27H45AlO9. The Balaban J connectivity index is -0.000000218. The molecular weight excluding hydrogens is 495 g/mol. The fourth-order valence-electron chi connectivity index (χ4n) is 2.79. The standard InChI is InChI=1S/3C9H16O3.Al/c3*1-2-3-5-8(10)6-4-7-9(11)12;/h3*2-7H2,1H3,(H,11,12);/q;;;+3/p-3. The van der Waals surface area contributed by atoms with E-state index in [0.717, 1.165) is 38.5 Å². The SMILES string of the molecule is CCCCC(=O)CCCC(=O)[O-].CCCCC(=O)CCCC(=O)[O-].CCCCC(=O)CCCC(=O)[O-].[Al+3]. The first-order valence-electron chi connectivity index (χ1n) is 13.1. The van der Waals surface area contributed by atoms with Crippen molar-refractivity contribution in [2.24, 2.45) is 0 Å². The molecule has 0 saturated carbocycles. The van der Waals surface area contributed by atoms with Gasteiger partial charge in [0.2, 0.25) is 0 Å². The minimum absolute atomic E-state index is 0. The molecule has 0 aromatic heterocycles. The minimum Gasteiger partial charge on any atom is -0.550 e. The number of hydrogen-bond donors (Lipinski definition) is 0. The van der Waals surface area contributed by atoms with Gasteiger partial charge < -0.3 is 29.7 Å². The van der Waals surface area contributed by atoms with Crippen molar-refractivity contribution < 1.29 is 44.1 Å². The molecule has 0 aliphatic carbocycles. The molecule has 0 bridgehead atoms. The molecule has 0 aliphatic heterocycles. The Kier molecular flexibility index (Phi) is 36.4. The summed E-state index contributed by atoms with van der Waals surface area (Å²) < 4.78 is 0.